The monoisotopic (exact) mass is 661 g/mol. The predicted octanol–water partition coefficient (Wildman–Crippen LogP) is 6.12. The van der Waals surface area contributed by atoms with Crippen molar-refractivity contribution in [3.05, 3.63) is 130 Å². The van der Waals surface area contributed by atoms with E-state index in [1.165, 1.54) is 17.0 Å². The fourth-order valence-electron chi connectivity index (χ4n) is 4.78. The quantitative estimate of drug-likeness (QED) is 0.187. The van der Waals surface area contributed by atoms with Gasteiger partial charge in [-0.3, -0.25) is 13.9 Å². The van der Waals surface area contributed by atoms with E-state index in [9.17, 15) is 18.0 Å². The van der Waals surface area contributed by atoms with Crippen molar-refractivity contribution >= 4 is 43.5 Å². The molecule has 0 heterocycles. The van der Waals surface area contributed by atoms with Crippen molar-refractivity contribution in [3.8, 4) is 0 Å². The number of halogens is 1. The minimum Gasteiger partial charge on any atom is -0.354 e. The molecule has 9 heteroatoms. The molecule has 4 rings (SSSR count). The zero-order valence-electron chi connectivity index (χ0n) is 24.3. The SMILES string of the molecule is CCCNC(=O)[C@H](Cc1ccccc1)N(Cc1cccc(Br)c1)C(=O)CN(c1cccc(C)c1)S(=O)(=O)c1ccccc1. The molecule has 0 aromatic heterocycles. The molecule has 0 aliphatic carbocycles. The highest BCUT2D eigenvalue weighted by atomic mass is 79.9. The summed E-state index contributed by atoms with van der Waals surface area (Å²) in [5.74, 6) is -0.782. The maximum atomic E-state index is 14.4. The second-order valence-corrected chi connectivity index (χ2v) is 13.1. The van der Waals surface area contributed by atoms with Gasteiger partial charge in [0.1, 0.15) is 12.6 Å². The number of aryl methyl sites for hydroxylation is 1. The van der Waals surface area contributed by atoms with E-state index in [0.717, 1.165) is 31.9 Å². The van der Waals surface area contributed by atoms with Gasteiger partial charge in [-0.05, 0) is 66.4 Å². The Bertz CT molecular complexity index is 1630. The van der Waals surface area contributed by atoms with E-state index in [1.807, 2.05) is 74.5 Å². The predicted molar refractivity (Wildman–Crippen MR) is 174 cm³/mol. The van der Waals surface area contributed by atoms with E-state index in [-0.39, 0.29) is 23.8 Å². The second kappa shape index (κ2) is 15.0. The first-order chi connectivity index (χ1) is 20.7. The summed E-state index contributed by atoms with van der Waals surface area (Å²) >= 11 is 3.50. The van der Waals surface area contributed by atoms with Crippen LogP contribution < -0.4 is 9.62 Å². The van der Waals surface area contributed by atoms with E-state index < -0.39 is 28.5 Å². The first-order valence-electron chi connectivity index (χ1n) is 14.2. The van der Waals surface area contributed by atoms with Crippen LogP contribution in [0.25, 0.3) is 0 Å². The number of nitrogens with one attached hydrogen (secondary N) is 1. The summed E-state index contributed by atoms with van der Waals surface area (Å²) in [5, 5.41) is 2.96. The highest BCUT2D eigenvalue weighted by Crippen LogP contribution is 2.26. The maximum absolute atomic E-state index is 14.4. The van der Waals surface area contributed by atoms with Gasteiger partial charge in [0, 0.05) is 24.0 Å². The molecule has 0 unspecified atom stereocenters. The average Bonchev–Trinajstić information content (AvgIpc) is 3.01. The van der Waals surface area contributed by atoms with Crippen LogP contribution in [0.2, 0.25) is 0 Å². The van der Waals surface area contributed by atoms with E-state index in [0.29, 0.717) is 12.2 Å². The molecule has 224 valence electrons. The fraction of sp³-hybridized carbons (Fsp3) is 0.235. The maximum Gasteiger partial charge on any atom is 0.264 e. The number of amides is 2. The van der Waals surface area contributed by atoms with Gasteiger partial charge in [-0.2, -0.15) is 0 Å². The Kier molecular flexibility index (Phi) is 11.1. The Labute approximate surface area is 262 Å². The molecule has 4 aromatic rings. The van der Waals surface area contributed by atoms with E-state index in [2.05, 4.69) is 21.2 Å². The molecule has 0 spiro atoms. The molecule has 1 N–H and O–H groups in total. The minimum atomic E-state index is -4.12. The Hall–Kier alpha value is -3.95. The van der Waals surface area contributed by atoms with Crippen LogP contribution in [0, 0.1) is 6.92 Å². The highest BCUT2D eigenvalue weighted by Gasteiger charge is 2.34. The number of benzene rings is 4. The van der Waals surface area contributed by atoms with Crippen molar-refractivity contribution in [1.29, 1.82) is 0 Å². The largest absolute Gasteiger partial charge is 0.354 e. The van der Waals surface area contributed by atoms with Gasteiger partial charge < -0.3 is 10.2 Å². The van der Waals surface area contributed by atoms with Gasteiger partial charge >= 0.3 is 0 Å². The van der Waals surface area contributed by atoms with Gasteiger partial charge in [0.25, 0.3) is 10.0 Å². The first kappa shape index (κ1) is 32.0. The third-order valence-electron chi connectivity index (χ3n) is 6.96. The van der Waals surface area contributed by atoms with Crippen LogP contribution in [0.3, 0.4) is 0 Å². The molecular formula is C34H36BrN3O4S. The number of anilines is 1. The smallest absolute Gasteiger partial charge is 0.264 e. The Morgan fingerprint density at radius 1 is 0.837 bits per heavy atom. The molecular weight excluding hydrogens is 626 g/mol. The van der Waals surface area contributed by atoms with Crippen LogP contribution in [0.15, 0.2) is 119 Å². The topological polar surface area (TPSA) is 86.8 Å². The Morgan fingerprint density at radius 3 is 2.14 bits per heavy atom. The van der Waals surface area contributed by atoms with Crippen LogP contribution in [0.1, 0.15) is 30.0 Å². The molecule has 43 heavy (non-hydrogen) atoms. The lowest BCUT2D eigenvalue weighted by Crippen LogP contribution is -2.53. The van der Waals surface area contributed by atoms with Crippen molar-refractivity contribution in [2.75, 3.05) is 17.4 Å². The van der Waals surface area contributed by atoms with Crippen molar-refractivity contribution in [3.63, 3.8) is 0 Å². The molecule has 2 amide bonds. The van der Waals surface area contributed by atoms with Crippen LogP contribution in [-0.2, 0) is 32.6 Å². The molecule has 0 saturated heterocycles. The molecule has 0 bridgehead atoms. The van der Waals surface area contributed by atoms with Crippen LogP contribution in [0.5, 0.6) is 0 Å². The van der Waals surface area contributed by atoms with Crippen molar-refractivity contribution in [1.82, 2.24) is 10.2 Å². The zero-order chi connectivity index (χ0) is 30.8. The van der Waals surface area contributed by atoms with Gasteiger partial charge in [-0.15, -0.1) is 0 Å². The van der Waals surface area contributed by atoms with Crippen LogP contribution in [-0.4, -0.2) is 44.3 Å². The Morgan fingerprint density at radius 2 is 1.49 bits per heavy atom. The summed E-state index contributed by atoms with van der Waals surface area (Å²) in [5.41, 5.74) is 2.91. The van der Waals surface area contributed by atoms with Gasteiger partial charge in [0.05, 0.1) is 10.6 Å². The molecule has 7 nitrogen and oxygen atoms in total. The Balaban J connectivity index is 1.79. The summed E-state index contributed by atoms with van der Waals surface area (Å²) in [7, 11) is -4.12. The molecule has 4 aromatic carbocycles. The second-order valence-electron chi connectivity index (χ2n) is 10.3. The molecule has 1 atom stereocenters. The number of hydrogen-bond acceptors (Lipinski definition) is 4. The summed E-state index contributed by atoms with van der Waals surface area (Å²) < 4.78 is 30.0. The number of hydrogen-bond donors (Lipinski definition) is 1. The van der Waals surface area contributed by atoms with E-state index in [4.69, 9.17) is 0 Å². The lowest BCUT2D eigenvalue weighted by Gasteiger charge is -2.34. The third kappa shape index (κ3) is 8.55. The minimum absolute atomic E-state index is 0.0735. The van der Waals surface area contributed by atoms with Gasteiger partial charge in [0.15, 0.2) is 0 Å². The average molecular weight is 663 g/mol. The van der Waals surface area contributed by atoms with Crippen molar-refractivity contribution < 1.29 is 18.0 Å². The van der Waals surface area contributed by atoms with Crippen LogP contribution >= 0.6 is 15.9 Å². The molecule has 0 fully saturated rings. The van der Waals surface area contributed by atoms with Crippen molar-refractivity contribution in [2.24, 2.45) is 0 Å². The zero-order valence-corrected chi connectivity index (χ0v) is 26.7. The molecule has 0 aliphatic heterocycles. The van der Waals surface area contributed by atoms with E-state index in [1.54, 1.807) is 36.4 Å². The third-order valence-corrected chi connectivity index (χ3v) is 9.24. The standard InChI is InChI=1S/C34H36BrN3O4S/c1-3-20-36-34(40)32(23-27-13-6-4-7-14-27)37(24-28-15-11-16-29(35)22-28)33(39)25-38(30-17-10-12-26(2)21-30)43(41,42)31-18-8-5-9-19-31/h4-19,21-22,32H,3,20,23-25H2,1-2H3,(H,36,40)/t32-/m0/s1. The fourth-order valence-corrected chi connectivity index (χ4v) is 6.66. The van der Waals surface area contributed by atoms with Gasteiger partial charge in [-0.1, -0.05) is 95.7 Å². The molecule has 0 radical (unpaired) electrons. The summed E-state index contributed by atoms with van der Waals surface area (Å²) in [6.45, 7) is 3.92. The number of carbonyl (C=O) groups excluding carboxylic acids is 2. The molecule has 0 saturated carbocycles. The normalized spacial score (nSPS) is 11.9. The number of sulfonamides is 1. The summed E-state index contributed by atoms with van der Waals surface area (Å²) in [4.78, 5) is 29.7. The number of rotatable bonds is 13. The first-order valence-corrected chi connectivity index (χ1v) is 16.4. The summed E-state index contributed by atoms with van der Waals surface area (Å²) in [6, 6.07) is 31.3. The number of nitrogens with zero attached hydrogens (tertiary/aromatic N) is 2. The molecule has 0 aliphatic rings. The lowest BCUT2D eigenvalue weighted by molar-refractivity contribution is -0.140. The van der Waals surface area contributed by atoms with E-state index >= 15 is 0 Å². The van der Waals surface area contributed by atoms with Gasteiger partial charge in [0.2, 0.25) is 11.8 Å². The van der Waals surface area contributed by atoms with Gasteiger partial charge in [-0.25, -0.2) is 8.42 Å². The number of carbonyl (C=O) groups is 2. The highest BCUT2D eigenvalue weighted by molar-refractivity contribution is 9.10. The van der Waals surface area contributed by atoms with Crippen molar-refractivity contribution in [2.45, 2.75) is 44.2 Å². The summed E-state index contributed by atoms with van der Waals surface area (Å²) in [6.07, 6.45) is 1.01. The van der Waals surface area contributed by atoms with Crippen LogP contribution in [0.4, 0.5) is 5.69 Å². The lowest BCUT2D eigenvalue weighted by atomic mass is 10.0.